The molecule has 2 aromatic carbocycles. The van der Waals surface area contributed by atoms with E-state index < -0.39 is 0 Å². The fraction of sp³-hybridized carbons (Fsp3) is 0.0769. The Kier molecular flexibility index (Phi) is 3.98. The molecule has 0 unspecified atom stereocenters. The topological polar surface area (TPSA) is 111 Å². The van der Waals surface area contributed by atoms with Crippen LogP contribution in [0.25, 0.3) is 0 Å². The maximum atomic E-state index is 5.44. The lowest BCUT2D eigenvalue weighted by Crippen LogP contribution is -2.37. The van der Waals surface area contributed by atoms with Gasteiger partial charge in [-0.3, -0.25) is 0 Å². The minimum atomic E-state index is 0.765. The molecule has 100 valence electrons. The molecule has 2 rings (SSSR count). The van der Waals surface area contributed by atoms with Crippen LogP contribution < -0.4 is 33.6 Å². The third-order valence-corrected chi connectivity index (χ3v) is 2.88. The van der Waals surface area contributed by atoms with E-state index in [1.165, 1.54) is 11.1 Å². The molecule has 0 saturated heterocycles. The van der Waals surface area contributed by atoms with E-state index in [1.54, 1.807) is 0 Å². The van der Waals surface area contributed by atoms with Gasteiger partial charge < -0.3 is 0 Å². The number of nitrogens with two attached hydrogens (primary N) is 4. The summed E-state index contributed by atoms with van der Waals surface area (Å²) in [7, 11) is 0. The molecule has 19 heavy (non-hydrogen) atoms. The van der Waals surface area contributed by atoms with Crippen molar-refractivity contribution in [2.45, 2.75) is 6.42 Å². The highest BCUT2D eigenvalue weighted by Crippen LogP contribution is 2.16. The molecule has 0 aliphatic heterocycles. The first kappa shape index (κ1) is 13.3. The van der Waals surface area contributed by atoms with E-state index in [1.807, 2.05) is 48.5 Å². The SMILES string of the molecule is NN(N)c1ccc(Cc2ccc(N(N)N)cc2)cc1. The molecule has 0 aliphatic rings. The van der Waals surface area contributed by atoms with Crippen LogP contribution in [0.5, 0.6) is 0 Å². The Balaban J connectivity index is 2.08. The van der Waals surface area contributed by atoms with Crippen LogP contribution in [0.3, 0.4) is 0 Å². The van der Waals surface area contributed by atoms with Crippen LogP contribution in [0, 0.1) is 0 Å². The van der Waals surface area contributed by atoms with Crippen molar-refractivity contribution in [1.29, 1.82) is 0 Å². The molecule has 0 atom stereocenters. The number of benzene rings is 2. The van der Waals surface area contributed by atoms with Crippen LogP contribution >= 0.6 is 0 Å². The van der Waals surface area contributed by atoms with E-state index >= 15 is 0 Å². The first-order valence-electron chi connectivity index (χ1n) is 5.83. The Hall–Kier alpha value is -2.12. The zero-order valence-electron chi connectivity index (χ0n) is 10.5. The number of hydrogen-bond acceptors (Lipinski definition) is 6. The summed E-state index contributed by atoms with van der Waals surface area (Å²) in [5, 5.41) is 2.19. The Morgan fingerprint density at radius 3 is 1.16 bits per heavy atom. The van der Waals surface area contributed by atoms with Gasteiger partial charge in [0.15, 0.2) is 0 Å². The molecule has 0 bridgehead atoms. The minimum Gasteiger partial charge on any atom is -0.247 e. The summed E-state index contributed by atoms with van der Waals surface area (Å²) in [6.45, 7) is 0. The second-order valence-electron chi connectivity index (χ2n) is 4.32. The predicted octanol–water partition coefficient (Wildman–Crippen LogP) is 0.385. The molecule has 6 heteroatoms. The summed E-state index contributed by atoms with van der Waals surface area (Å²) < 4.78 is 0. The molecule has 0 amide bonds. The third kappa shape index (κ3) is 3.43. The van der Waals surface area contributed by atoms with E-state index in [-0.39, 0.29) is 0 Å². The fourth-order valence-electron chi connectivity index (χ4n) is 1.81. The van der Waals surface area contributed by atoms with Crippen molar-refractivity contribution in [2.75, 3.05) is 10.2 Å². The van der Waals surface area contributed by atoms with Gasteiger partial charge >= 0.3 is 0 Å². The lowest BCUT2D eigenvalue weighted by molar-refractivity contribution is 0.923. The van der Waals surface area contributed by atoms with E-state index in [2.05, 4.69) is 0 Å². The number of rotatable bonds is 4. The summed E-state index contributed by atoms with van der Waals surface area (Å²) in [6.07, 6.45) is 0.824. The summed E-state index contributed by atoms with van der Waals surface area (Å²) in [5.74, 6) is 21.8. The van der Waals surface area contributed by atoms with Crippen LogP contribution in [0.4, 0.5) is 11.4 Å². The van der Waals surface area contributed by atoms with E-state index in [4.69, 9.17) is 23.4 Å². The summed E-state index contributed by atoms with van der Waals surface area (Å²) in [6, 6.07) is 15.5. The van der Waals surface area contributed by atoms with Crippen LogP contribution in [-0.4, -0.2) is 0 Å². The zero-order chi connectivity index (χ0) is 13.8. The summed E-state index contributed by atoms with van der Waals surface area (Å²) in [4.78, 5) is 0. The van der Waals surface area contributed by atoms with Gasteiger partial charge in [-0.05, 0) is 41.8 Å². The van der Waals surface area contributed by atoms with Crippen LogP contribution in [0.2, 0.25) is 0 Å². The summed E-state index contributed by atoms with van der Waals surface area (Å²) in [5.41, 5.74) is 3.88. The Labute approximate surface area is 112 Å². The van der Waals surface area contributed by atoms with Gasteiger partial charge in [-0.2, -0.15) is 0 Å². The average Bonchev–Trinajstić information content (AvgIpc) is 2.40. The van der Waals surface area contributed by atoms with Crippen LogP contribution in [-0.2, 0) is 6.42 Å². The molecule has 0 radical (unpaired) electrons. The van der Waals surface area contributed by atoms with Crippen LogP contribution in [0.15, 0.2) is 48.5 Å². The van der Waals surface area contributed by atoms with Gasteiger partial charge in [0.25, 0.3) is 0 Å². The molecule has 2 aromatic rings. The molecule has 0 saturated carbocycles. The van der Waals surface area contributed by atoms with Crippen molar-refractivity contribution in [2.24, 2.45) is 23.4 Å². The molecule has 0 aromatic heterocycles. The van der Waals surface area contributed by atoms with Gasteiger partial charge in [0.05, 0.1) is 11.4 Å². The molecule has 6 nitrogen and oxygen atoms in total. The molecule has 8 N–H and O–H groups in total. The highest BCUT2D eigenvalue weighted by atomic mass is 15.6. The smallest absolute Gasteiger partial charge is 0.0697 e. The Bertz CT molecular complexity index is 468. The second kappa shape index (κ2) is 5.68. The maximum Gasteiger partial charge on any atom is 0.0697 e. The second-order valence-corrected chi connectivity index (χ2v) is 4.32. The number of hydrogen-bond donors (Lipinski definition) is 4. The number of hydrazine groups is 4. The lowest BCUT2D eigenvalue weighted by atomic mass is 10.0. The molecule has 0 heterocycles. The average molecular weight is 258 g/mol. The summed E-state index contributed by atoms with van der Waals surface area (Å²) >= 11 is 0. The fourth-order valence-corrected chi connectivity index (χ4v) is 1.81. The molecular formula is C13H18N6. The Morgan fingerprint density at radius 1 is 0.579 bits per heavy atom. The monoisotopic (exact) mass is 258 g/mol. The van der Waals surface area contributed by atoms with Gasteiger partial charge in [0.2, 0.25) is 0 Å². The van der Waals surface area contributed by atoms with Gasteiger partial charge in [0, 0.05) is 0 Å². The van der Waals surface area contributed by atoms with Gasteiger partial charge in [-0.15, -0.1) is 0 Å². The molecular weight excluding hydrogens is 240 g/mol. The quantitative estimate of drug-likeness (QED) is 0.466. The zero-order valence-corrected chi connectivity index (χ0v) is 10.5. The van der Waals surface area contributed by atoms with Crippen molar-refractivity contribution in [3.8, 4) is 0 Å². The minimum absolute atomic E-state index is 0.765. The van der Waals surface area contributed by atoms with Crippen molar-refractivity contribution < 1.29 is 0 Å². The highest BCUT2D eigenvalue weighted by molar-refractivity contribution is 5.47. The normalized spacial score (nSPS) is 10.3. The lowest BCUT2D eigenvalue weighted by Gasteiger charge is -2.13. The molecule has 0 fully saturated rings. The van der Waals surface area contributed by atoms with Crippen molar-refractivity contribution in [1.82, 2.24) is 0 Å². The molecule has 0 spiro atoms. The van der Waals surface area contributed by atoms with Gasteiger partial charge in [0.1, 0.15) is 0 Å². The first-order chi connectivity index (χ1) is 9.06. The number of nitrogens with zero attached hydrogens (tertiary/aromatic N) is 2. The predicted molar refractivity (Wildman–Crippen MR) is 77.4 cm³/mol. The van der Waals surface area contributed by atoms with Gasteiger partial charge in [-0.1, -0.05) is 24.3 Å². The number of anilines is 2. The van der Waals surface area contributed by atoms with E-state index in [0.717, 1.165) is 28.0 Å². The van der Waals surface area contributed by atoms with Crippen molar-refractivity contribution in [3.05, 3.63) is 59.7 Å². The van der Waals surface area contributed by atoms with Crippen LogP contribution in [0.1, 0.15) is 11.1 Å². The van der Waals surface area contributed by atoms with E-state index in [9.17, 15) is 0 Å². The first-order valence-corrected chi connectivity index (χ1v) is 5.83. The maximum absolute atomic E-state index is 5.44. The largest absolute Gasteiger partial charge is 0.247 e. The third-order valence-electron chi connectivity index (χ3n) is 2.88. The van der Waals surface area contributed by atoms with E-state index in [0.29, 0.717) is 0 Å². The molecule has 0 aliphatic carbocycles. The Morgan fingerprint density at radius 2 is 0.895 bits per heavy atom. The van der Waals surface area contributed by atoms with Crippen molar-refractivity contribution >= 4 is 11.4 Å². The highest BCUT2D eigenvalue weighted by Gasteiger charge is 2.00. The van der Waals surface area contributed by atoms with Crippen molar-refractivity contribution in [3.63, 3.8) is 0 Å². The van der Waals surface area contributed by atoms with Gasteiger partial charge in [-0.25, -0.2) is 33.6 Å². The standard InChI is InChI=1S/C13H18N6/c14-18(15)12-5-1-10(2-6-12)9-11-3-7-13(8-4-11)19(16)17/h1-8H,9,14-17H2.